The number of rotatable bonds is 3. The highest BCUT2D eigenvalue weighted by atomic mass is 32.2. The summed E-state index contributed by atoms with van der Waals surface area (Å²) in [5.74, 6) is -0.0619. The molecule has 1 unspecified atom stereocenters. The molecule has 4 nitrogen and oxygen atoms in total. The molecular weight excluding hydrogens is 328 g/mol. The second-order valence-corrected chi connectivity index (χ2v) is 8.03. The van der Waals surface area contributed by atoms with Crippen molar-refractivity contribution in [1.82, 2.24) is 4.90 Å². The van der Waals surface area contributed by atoms with Crippen LogP contribution in [0.4, 0.5) is 5.69 Å². The normalized spacial score (nSPS) is 16.7. The van der Waals surface area contributed by atoms with E-state index in [0.29, 0.717) is 12.1 Å². The molecule has 6 heteroatoms. The van der Waals surface area contributed by atoms with Gasteiger partial charge in [-0.2, -0.15) is 0 Å². The third-order valence-electron chi connectivity index (χ3n) is 3.85. The summed E-state index contributed by atoms with van der Waals surface area (Å²) in [4.78, 5) is 28.3. The van der Waals surface area contributed by atoms with Crippen molar-refractivity contribution in [3.63, 3.8) is 0 Å². The molecule has 0 saturated carbocycles. The number of benzene rings is 1. The Kier molecular flexibility index (Phi) is 4.46. The Labute approximate surface area is 143 Å². The highest BCUT2D eigenvalue weighted by molar-refractivity contribution is 8.00. The van der Waals surface area contributed by atoms with Gasteiger partial charge in [0.2, 0.25) is 5.91 Å². The van der Waals surface area contributed by atoms with E-state index >= 15 is 0 Å². The molecule has 0 fully saturated rings. The molecule has 2 amide bonds. The maximum absolute atomic E-state index is 12.6. The number of nitrogens with one attached hydrogen (secondary N) is 1. The largest absolute Gasteiger partial charge is 0.337 e. The van der Waals surface area contributed by atoms with Crippen LogP contribution in [0.25, 0.3) is 0 Å². The number of amides is 2. The van der Waals surface area contributed by atoms with Crippen molar-refractivity contribution < 1.29 is 9.59 Å². The molecule has 120 valence electrons. The van der Waals surface area contributed by atoms with E-state index in [1.54, 1.807) is 29.4 Å². The van der Waals surface area contributed by atoms with Crippen LogP contribution in [0, 0.1) is 6.92 Å². The summed E-state index contributed by atoms with van der Waals surface area (Å²) in [7, 11) is 1.80. The summed E-state index contributed by atoms with van der Waals surface area (Å²) >= 11 is 3.18. The fourth-order valence-corrected chi connectivity index (χ4v) is 4.30. The van der Waals surface area contributed by atoms with Crippen LogP contribution in [-0.2, 0) is 11.3 Å². The summed E-state index contributed by atoms with van der Waals surface area (Å²) in [5.41, 5.74) is 2.53. The van der Waals surface area contributed by atoms with E-state index in [-0.39, 0.29) is 17.1 Å². The summed E-state index contributed by atoms with van der Waals surface area (Å²) in [5, 5.41) is 4.80. The van der Waals surface area contributed by atoms with E-state index in [1.165, 1.54) is 22.2 Å². The standard InChI is InChI=1S/C17H18N2O2S2/c1-10-6-7-22-15(10)9-19(3)17(21)12-4-5-14-13(8-12)18-16(20)11(2)23-14/h4-8,11H,9H2,1-3H3,(H,18,20). The molecule has 0 radical (unpaired) electrons. The lowest BCUT2D eigenvalue weighted by molar-refractivity contribution is -0.115. The summed E-state index contributed by atoms with van der Waals surface area (Å²) in [6.07, 6.45) is 0. The maximum atomic E-state index is 12.6. The van der Waals surface area contributed by atoms with Crippen LogP contribution in [-0.4, -0.2) is 29.0 Å². The topological polar surface area (TPSA) is 49.4 Å². The molecule has 1 aliphatic rings. The predicted octanol–water partition coefficient (Wildman–Crippen LogP) is 3.76. The zero-order chi connectivity index (χ0) is 16.6. The van der Waals surface area contributed by atoms with Gasteiger partial charge >= 0.3 is 0 Å². The first-order chi connectivity index (χ1) is 11.0. The molecule has 0 aliphatic carbocycles. The maximum Gasteiger partial charge on any atom is 0.253 e. The van der Waals surface area contributed by atoms with Crippen molar-refractivity contribution in [2.45, 2.75) is 30.5 Å². The predicted molar refractivity (Wildman–Crippen MR) is 95.2 cm³/mol. The minimum absolute atomic E-state index is 0.0188. The quantitative estimate of drug-likeness (QED) is 0.920. The molecule has 1 atom stereocenters. The molecule has 1 aromatic carbocycles. The molecule has 2 aromatic rings. The average molecular weight is 346 g/mol. The van der Waals surface area contributed by atoms with Crippen molar-refractivity contribution in [3.8, 4) is 0 Å². The molecule has 1 aliphatic heterocycles. The second-order valence-electron chi connectivity index (χ2n) is 5.65. The fraction of sp³-hybridized carbons (Fsp3) is 0.294. The number of hydrogen-bond donors (Lipinski definition) is 1. The van der Waals surface area contributed by atoms with Crippen LogP contribution in [0.15, 0.2) is 34.5 Å². The summed E-state index contributed by atoms with van der Waals surface area (Å²) < 4.78 is 0. The smallest absolute Gasteiger partial charge is 0.253 e. The van der Waals surface area contributed by atoms with Crippen LogP contribution >= 0.6 is 23.1 Å². The van der Waals surface area contributed by atoms with Crippen molar-refractivity contribution in [2.75, 3.05) is 12.4 Å². The number of hydrogen-bond acceptors (Lipinski definition) is 4. The van der Waals surface area contributed by atoms with Gasteiger partial charge in [-0.25, -0.2) is 0 Å². The summed E-state index contributed by atoms with van der Waals surface area (Å²) in [6, 6.07) is 7.57. The van der Waals surface area contributed by atoms with Gasteiger partial charge in [-0.15, -0.1) is 23.1 Å². The average Bonchev–Trinajstić information content (AvgIpc) is 2.92. The number of fused-ring (bicyclic) bond motifs is 1. The SMILES string of the molecule is Cc1ccsc1CN(C)C(=O)c1ccc2c(c1)NC(=O)C(C)S2. The molecule has 2 heterocycles. The van der Waals surface area contributed by atoms with Crippen molar-refractivity contribution in [3.05, 3.63) is 45.6 Å². The number of thioether (sulfide) groups is 1. The van der Waals surface area contributed by atoms with Crippen LogP contribution in [0.3, 0.4) is 0 Å². The lowest BCUT2D eigenvalue weighted by atomic mass is 10.1. The third kappa shape index (κ3) is 3.28. The molecule has 0 bridgehead atoms. The minimum Gasteiger partial charge on any atom is -0.337 e. The Bertz CT molecular complexity index is 770. The molecule has 3 rings (SSSR count). The zero-order valence-electron chi connectivity index (χ0n) is 13.3. The van der Waals surface area contributed by atoms with E-state index in [2.05, 4.69) is 18.3 Å². The molecule has 0 saturated heterocycles. The molecule has 1 N–H and O–H groups in total. The Balaban J connectivity index is 1.79. The first-order valence-corrected chi connectivity index (χ1v) is 9.11. The number of anilines is 1. The van der Waals surface area contributed by atoms with Crippen molar-refractivity contribution in [2.24, 2.45) is 0 Å². The number of carbonyl (C=O) groups excluding carboxylic acids is 2. The Morgan fingerprint density at radius 1 is 1.35 bits per heavy atom. The van der Waals surface area contributed by atoms with Gasteiger partial charge < -0.3 is 10.2 Å². The van der Waals surface area contributed by atoms with Gasteiger partial charge in [0.15, 0.2) is 0 Å². The lowest BCUT2D eigenvalue weighted by Crippen LogP contribution is -2.28. The lowest BCUT2D eigenvalue weighted by Gasteiger charge is -2.23. The monoisotopic (exact) mass is 346 g/mol. The molecule has 1 aromatic heterocycles. The number of aryl methyl sites for hydroxylation is 1. The van der Waals surface area contributed by atoms with E-state index in [4.69, 9.17) is 0 Å². The first kappa shape index (κ1) is 16.1. The van der Waals surface area contributed by atoms with Crippen LogP contribution in [0.2, 0.25) is 0 Å². The van der Waals surface area contributed by atoms with E-state index in [0.717, 1.165) is 10.6 Å². The Morgan fingerprint density at radius 2 is 2.13 bits per heavy atom. The van der Waals surface area contributed by atoms with Gasteiger partial charge in [0.25, 0.3) is 5.91 Å². The van der Waals surface area contributed by atoms with Gasteiger partial charge in [0, 0.05) is 22.4 Å². The first-order valence-electron chi connectivity index (χ1n) is 7.35. The molecule has 0 spiro atoms. The highest BCUT2D eigenvalue weighted by Crippen LogP contribution is 2.36. The van der Waals surface area contributed by atoms with E-state index < -0.39 is 0 Å². The number of thiophene rings is 1. The Morgan fingerprint density at radius 3 is 2.83 bits per heavy atom. The summed E-state index contributed by atoms with van der Waals surface area (Å²) in [6.45, 7) is 4.52. The van der Waals surface area contributed by atoms with Gasteiger partial charge in [-0.05, 0) is 49.1 Å². The second kappa shape index (κ2) is 6.37. The van der Waals surface area contributed by atoms with Gasteiger partial charge in [0.1, 0.15) is 0 Å². The van der Waals surface area contributed by atoms with Crippen LogP contribution < -0.4 is 5.32 Å². The van der Waals surface area contributed by atoms with Crippen LogP contribution in [0.5, 0.6) is 0 Å². The van der Waals surface area contributed by atoms with Crippen molar-refractivity contribution in [1.29, 1.82) is 0 Å². The van der Waals surface area contributed by atoms with Gasteiger partial charge in [-0.1, -0.05) is 0 Å². The van der Waals surface area contributed by atoms with E-state index in [1.807, 2.05) is 24.4 Å². The molecular formula is C17H18N2O2S2. The van der Waals surface area contributed by atoms with E-state index in [9.17, 15) is 9.59 Å². The van der Waals surface area contributed by atoms with Crippen molar-refractivity contribution >= 4 is 40.6 Å². The minimum atomic E-state index is -0.103. The zero-order valence-corrected chi connectivity index (χ0v) is 14.9. The number of nitrogens with zero attached hydrogens (tertiary/aromatic N) is 1. The number of carbonyl (C=O) groups is 2. The van der Waals surface area contributed by atoms with Gasteiger partial charge in [0.05, 0.1) is 17.5 Å². The highest BCUT2D eigenvalue weighted by Gasteiger charge is 2.24. The molecule has 23 heavy (non-hydrogen) atoms. The van der Waals surface area contributed by atoms with Crippen LogP contribution in [0.1, 0.15) is 27.7 Å². The fourth-order valence-electron chi connectivity index (χ4n) is 2.42. The third-order valence-corrected chi connectivity index (χ3v) is 6.04. The van der Waals surface area contributed by atoms with Gasteiger partial charge in [-0.3, -0.25) is 9.59 Å². The Hall–Kier alpha value is -1.79.